The van der Waals surface area contributed by atoms with Crippen molar-refractivity contribution >= 4 is 6.09 Å². The minimum Gasteiger partial charge on any atom is -0.445 e. The van der Waals surface area contributed by atoms with Gasteiger partial charge in [0.25, 0.3) is 0 Å². The number of rotatable bonds is 15. The molecule has 0 radical (unpaired) electrons. The largest absolute Gasteiger partial charge is 0.445 e. The van der Waals surface area contributed by atoms with Crippen molar-refractivity contribution in [2.45, 2.75) is 26.6 Å². The highest BCUT2D eigenvalue weighted by molar-refractivity contribution is 5.67. The molecule has 0 unspecified atom stereocenters. The van der Waals surface area contributed by atoms with Crippen LogP contribution >= 0.6 is 0 Å². The van der Waals surface area contributed by atoms with Gasteiger partial charge in [0.05, 0.1) is 52.4 Å². The Morgan fingerprint density at radius 2 is 1.46 bits per heavy atom. The van der Waals surface area contributed by atoms with E-state index < -0.39 is 6.09 Å². The van der Waals surface area contributed by atoms with Crippen molar-refractivity contribution in [3.63, 3.8) is 0 Å². The second-order valence-electron chi connectivity index (χ2n) is 5.75. The summed E-state index contributed by atoms with van der Waals surface area (Å²) in [5.41, 5.74) is 0.951. The molecule has 7 nitrogen and oxygen atoms in total. The average Bonchev–Trinajstić information content (AvgIpc) is 2.64. The fourth-order valence-corrected chi connectivity index (χ4v) is 1.88. The van der Waals surface area contributed by atoms with Gasteiger partial charge >= 0.3 is 6.09 Å². The maximum absolute atomic E-state index is 11.5. The molecule has 0 aliphatic carbocycles. The molecule has 1 aromatic rings. The van der Waals surface area contributed by atoms with E-state index in [1.807, 2.05) is 44.2 Å². The molecule has 0 bridgehead atoms. The highest BCUT2D eigenvalue weighted by Gasteiger charge is 2.01. The molecule has 1 aromatic carbocycles. The maximum Gasteiger partial charge on any atom is 0.407 e. The summed E-state index contributed by atoms with van der Waals surface area (Å²) in [7, 11) is 0. The van der Waals surface area contributed by atoms with Crippen molar-refractivity contribution in [1.29, 1.82) is 0 Å². The maximum atomic E-state index is 11.5. The Balaban J connectivity index is 1.79. The molecule has 1 N–H and O–H groups in total. The van der Waals surface area contributed by atoms with Gasteiger partial charge in [0.1, 0.15) is 6.61 Å². The standard InChI is InChI=1S/C19H31NO6/c1-17(2)25-15-14-24-13-12-23-11-10-22-9-8-20-19(21)26-16-18-6-4-3-5-7-18/h3-7,17H,8-16H2,1-2H3,(H,20,21). The van der Waals surface area contributed by atoms with Gasteiger partial charge in [0.2, 0.25) is 0 Å². The Labute approximate surface area is 155 Å². The molecule has 148 valence electrons. The van der Waals surface area contributed by atoms with E-state index in [2.05, 4.69) is 5.32 Å². The number of nitrogens with one attached hydrogen (secondary N) is 1. The zero-order valence-corrected chi connectivity index (χ0v) is 15.8. The van der Waals surface area contributed by atoms with Gasteiger partial charge in [-0.25, -0.2) is 4.79 Å². The van der Waals surface area contributed by atoms with Crippen LogP contribution in [-0.2, 0) is 30.3 Å². The lowest BCUT2D eigenvalue weighted by Crippen LogP contribution is -2.28. The predicted molar refractivity (Wildman–Crippen MR) is 98.2 cm³/mol. The van der Waals surface area contributed by atoms with E-state index in [0.717, 1.165) is 5.56 Å². The average molecular weight is 369 g/mol. The first-order valence-electron chi connectivity index (χ1n) is 8.98. The van der Waals surface area contributed by atoms with Gasteiger partial charge in [-0.15, -0.1) is 0 Å². The molecule has 7 heteroatoms. The molecule has 0 fully saturated rings. The molecular weight excluding hydrogens is 338 g/mol. The summed E-state index contributed by atoms with van der Waals surface area (Å²) >= 11 is 0. The summed E-state index contributed by atoms with van der Waals surface area (Å²) in [4.78, 5) is 11.5. The quantitative estimate of drug-likeness (QED) is 0.479. The van der Waals surface area contributed by atoms with Crippen LogP contribution in [0.15, 0.2) is 30.3 Å². The molecule has 26 heavy (non-hydrogen) atoms. The molecule has 0 saturated heterocycles. The number of benzene rings is 1. The third kappa shape index (κ3) is 13.6. The summed E-state index contributed by atoms with van der Waals surface area (Å²) < 4.78 is 26.5. The van der Waals surface area contributed by atoms with Crippen LogP contribution in [0.25, 0.3) is 0 Å². The fourth-order valence-electron chi connectivity index (χ4n) is 1.88. The van der Waals surface area contributed by atoms with Gasteiger partial charge in [-0.05, 0) is 19.4 Å². The molecule has 0 saturated carbocycles. The van der Waals surface area contributed by atoms with Crippen molar-refractivity contribution in [2.75, 3.05) is 52.8 Å². The lowest BCUT2D eigenvalue weighted by Gasteiger charge is -2.09. The van der Waals surface area contributed by atoms with Crippen molar-refractivity contribution < 1.29 is 28.5 Å². The SMILES string of the molecule is CC(C)OCCOCCOCCOCCNC(=O)OCc1ccccc1. The number of carbonyl (C=O) groups excluding carboxylic acids is 1. The fraction of sp³-hybridized carbons (Fsp3) is 0.632. The van der Waals surface area contributed by atoms with E-state index in [4.69, 9.17) is 23.7 Å². The summed E-state index contributed by atoms with van der Waals surface area (Å²) in [5.74, 6) is 0. The first-order valence-corrected chi connectivity index (χ1v) is 8.98. The van der Waals surface area contributed by atoms with Crippen LogP contribution < -0.4 is 5.32 Å². The summed E-state index contributed by atoms with van der Waals surface area (Å²) in [6.45, 7) is 8.24. The van der Waals surface area contributed by atoms with E-state index in [1.54, 1.807) is 0 Å². The van der Waals surface area contributed by atoms with Crippen LogP contribution in [0.2, 0.25) is 0 Å². The molecule has 0 spiro atoms. The Hall–Kier alpha value is -1.67. The zero-order valence-electron chi connectivity index (χ0n) is 15.8. The van der Waals surface area contributed by atoms with E-state index in [9.17, 15) is 4.79 Å². The molecular formula is C19H31NO6. The number of hydrogen-bond acceptors (Lipinski definition) is 6. The van der Waals surface area contributed by atoms with Crippen molar-refractivity contribution in [2.24, 2.45) is 0 Å². The Morgan fingerprint density at radius 3 is 2.08 bits per heavy atom. The predicted octanol–water partition coefficient (Wildman–Crippen LogP) is 2.39. The highest BCUT2D eigenvalue weighted by Crippen LogP contribution is 2.00. The van der Waals surface area contributed by atoms with E-state index in [1.165, 1.54) is 0 Å². The van der Waals surface area contributed by atoms with Crippen LogP contribution in [0.1, 0.15) is 19.4 Å². The summed E-state index contributed by atoms with van der Waals surface area (Å²) in [6.07, 6.45) is -0.223. The van der Waals surface area contributed by atoms with Crippen LogP contribution in [-0.4, -0.2) is 65.0 Å². The van der Waals surface area contributed by atoms with Gasteiger partial charge in [-0.1, -0.05) is 30.3 Å². The van der Waals surface area contributed by atoms with Crippen molar-refractivity contribution in [3.05, 3.63) is 35.9 Å². The number of amides is 1. The zero-order chi connectivity index (χ0) is 18.9. The first kappa shape index (κ1) is 22.4. The van der Waals surface area contributed by atoms with Gasteiger partial charge < -0.3 is 29.0 Å². The summed E-state index contributed by atoms with van der Waals surface area (Å²) in [5, 5.41) is 2.63. The number of alkyl carbamates (subject to hydrolysis) is 1. The number of ether oxygens (including phenoxy) is 5. The van der Waals surface area contributed by atoms with E-state index >= 15 is 0 Å². The third-order valence-corrected chi connectivity index (χ3v) is 3.15. The first-order chi connectivity index (χ1) is 12.7. The molecule has 0 aromatic heterocycles. The van der Waals surface area contributed by atoms with Gasteiger partial charge in [0, 0.05) is 6.54 Å². The smallest absolute Gasteiger partial charge is 0.407 e. The second-order valence-corrected chi connectivity index (χ2v) is 5.75. The third-order valence-electron chi connectivity index (χ3n) is 3.15. The van der Waals surface area contributed by atoms with Crippen LogP contribution in [0.3, 0.4) is 0 Å². The van der Waals surface area contributed by atoms with Gasteiger partial charge in [-0.3, -0.25) is 0 Å². The molecule has 1 rings (SSSR count). The topological polar surface area (TPSA) is 75.3 Å². The molecule has 0 atom stereocenters. The molecule has 0 aliphatic heterocycles. The minimum atomic E-state index is -0.452. The summed E-state index contributed by atoms with van der Waals surface area (Å²) in [6, 6.07) is 9.53. The molecule has 0 aliphatic rings. The molecule has 1 amide bonds. The van der Waals surface area contributed by atoms with E-state index in [0.29, 0.717) is 52.8 Å². The van der Waals surface area contributed by atoms with Crippen molar-refractivity contribution in [3.8, 4) is 0 Å². The monoisotopic (exact) mass is 369 g/mol. The Kier molecular flexibility index (Phi) is 13.4. The normalized spacial score (nSPS) is 10.9. The Morgan fingerprint density at radius 1 is 0.885 bits per heavy atom. The lowest BCUT2D eigenvalue weighted by atomic mass is 10.2. The van der Waals surface area contributed by atoms with E-state index in [-0.39, 0.29) is 12.7 Å². The highest BCUT2D eigenvalue weighted by atomic mass is 16.6. The van der Waals surface area contributed by atoms with Crippen LogP contribution in [0.4, 0.5) is 4.79 Å². The number of carbonyl (C=O) groups is 1. The van der Waals surface area contributed by atoms with Gasteiger partial charge in [-0.2, -0.15) is 0 Å². The Bertz CT molecular complexity index is 455. The second kappa shape index (κ2) is 15.6. The number of hydrogen-bond donors (Lipinski definition) is 1. The lowest BCUT2D eigenvalue weighted by molar-refractivity contribution is -0.0114. The van der Waals surface area contributed by atoms with Gasteiger partial charge in [0.15, 0.2) is 0 Å². The van der Waals surface area contributed by atoms with Crippen molar-refractivity contribution in [1.82, 2.24) is 5.32 Å². The van der Waals surface area contributed by atoms with Crippen LogP contribution in [0, 0.1) is 0 Å². The molecule has 0 heterocycles. The van der Waals surface area contributed by atoms with Crippen LogP contribution in [0.5, 0.6) is 0 Å². The minimum absolute atomic E-state index is 0.229.